The summed E-state index contributed by atoms with van der Waals surface area (Å²) in [6.45, 7) is 7.43. The molecule has 1 aliphatic rings. The third kappa shape index (κ3) is 5.25. The highest BCUT2D eigenvalue weighted by molar-refractivity contribution is 8.18. The minimum Gasteiger partial charge on any atom is -0.490 e. The number of hydrogen-bond acceptors (Lipinski definition) is 5. The lowest BCUT2D eigenvalue weighted by Crippen LogP contribution is -2.27. The first-order chi connectivity index (χ1) is 14.5. The van der Waals surface area contributed by atoms with E-state index >= 15 is 0 Å². The van der Waals surface area contributed by atoms with E-state index in [1.54, 1.807) is 6.08 Å². The van der Waals surface area contributed by atoms with Gasteiger partial charge in [0.05, 0.1) is 24.7 Å². The molecule has 5 nitrogen and oxygen atoms in total. The molecule has 0 atom stereocenters. The van der Waals surface area contributed by atoms with Crippen molar-refractivity contribution in [2.75, 3.05) is 13.2 Å². The zero-order valence-corrected chi connectivity index (χ0v) is 18.5. The maximum atomic E-state index is 12.8. The van der Waals surface area contributed by atoms with Gasteiger partial charge in [-0.3, -0.25) is 14.5 Å². The molecule has 2 aromatic rings. The van der Waals surface area contributed by atoms with Gasteiger partial charge in [-0.2, -0.15) is 0 Å². The van der Waals surface area contributed by atoms with E-state index in [0.717, 1.165) is 41.3 Å². The van der Waals surface area contributed by atoms with Crippen LogP contribution in [0.1, 0.15) is 43.4 Å². The second kappa shape index (κ2) is 10.3. The molecule has 0 saturated carbocycles. The monoisotopic (exact) mass is 425 g/mol. The first kappa shape index (κ1) is 22.0. The van der Waals surface area contributed by atoms with Gasteiger partial charge in [-0.05, 0) is 66.9 Å². The number of carbonyl (C=O) groups is 2. The molecular weight excluding hydrogens is 398 g/mol. The molecule has 6 heteroatoms. The number of carbonyl (C=O) groups excluding carboxylic acids is 2. The van der Waals surface area contributed by atoms with Gasteiger partial charge in [0.15, 0.2) is 11.5 Å². The topological polar surface area (TPSA) is 55.8 Å². The van der Waals surface area contributed by atoms with E-state index in [9.17, 15) is 9.59 Å². The van der Waals surface area contributed by atoms with E-state index in [1.165, 1.54) is 4.90 Å². The zero-order chi connectivity index (χ0) is 21.5. The maximum Gasteiger partial charge on any atom is 0.293 e. The van der Waals surface area contributed by atoms with Gasteiger partial charge in [-0.25, -0.2) is 0 Å². The van der Waals surface area contributed by atoms with Crippen molar-refractivity contribution in [1.29, 1.82) is 0 Å². The van der Waals surface area contributed by atoms with Crippen molar-refractivity contribution in [3.05, 3.63) is 64.1 Å². The van der Waals surface area contributed by atoms with Crippen molar-refractivity contribution >= 4 is 29.0 Å². The average molecular weight is 426 g/mol. The summed E-state index contributed by atoms with van der Waals surface area (Å²) in [5.74, 6) is 1.06. The number of unbranched alkanes of at least 4 members (excludes halogenated alkanes) is 1. The lowest BCUT2D eigenvalue weighted by molar-refractivity contribution is -0.123. The van der Waals surface area contributed by atoms with Crippen LogP contribution in [0.2, 0.25) is 0 Å². The van der Waals surface area contributed by atoms with Crippen LogP contribution in [0.3, 0.4) is 0 Å². The first-order valence-corrected chi connectivity index (χ1v) is 11.0. The van der Waals surface area contributed by atoms with E-state index in [1.807, 2.05) is 56.3 Å². The molecule has 0 aromatic heterocycles. The van der Waals surface area contributed by atoms with Crippen LogP contribution in [0.15, 0.2) is 47.4 Å². The second-order valence-electron chi connectivity index (χ2n) is 7.04. The van der Waals surface area contributed by atoms with Gasteiger partial charge >= 0.3 is 0 Å². The number of rotatable bonds is 9. The Morgan fingerprint density at radius 1 is 1.03 bits per heavy atom. The fraction of sp³-hybridized carbons (Fsp3) is 0.333. The summed E-state index contributed by atoms with van der Waals surface area (Å²) < 4.78 is 11.5. The molecule has 3 rings (SSSR count). The third-order valence-corrected chi connectivity index (χ3v) is 5.69. The van der Waals surface area contributed by atoms with Crippen molar-refractivity contribution in [2.24, 2.45) is 0 Å². The number of nitrogens with zero attached hydrogens (tertiary/aromatic N) is 1. The SMILES string of the molecule is CCCCOc1ccc(/C=C2\SC(=O)N(Cc3ccccc3C)C2=O)cc1OCC. The highest BCUT2D eigenvalue weighted by Crippen LogP contribution is 2.35. The lowest BCUT2D eigenvalue weighted by atomic mass is 10.1. The summed E-state index contributed by atoms with van der Waals surface area (Å²) in [5.41, 5.74) is 2.82. The molecule has 0 unspecified atom stereocenters. The number of amides is 2. The smallest absolute Gasteiger partial charge is 0.293 e. The predicted octanol–water partition coefficient (Wildman–Crippen LogP) is 5.81. The number of thioether (sulfide) groups is 1. The quantitative estimate of drug-likeness (QED) is 0.375. The van der Waals surface area contributed by atoms with Gasteiger partial charge in [0, 0.05) is 0 Å². The Bertz CT molecular complexity index is 954. The fourth-order valence-electron chi connectivity index (χ4n) is 3.07. The van der Waals surface area contributed by atoms with Crippen LogP contribution in [0.5, 0.6) is 11.5 Å². The number of imide groups is 1. The summed E-state index contributed by atoms with van der Waals surface area (Å²) >= 11 is 0.968. The second-order valence-corrected chi connectivity index (χ2v) is 8.03. The van der Waals surface area contributed by atoms with Gasteiger partial charge < -0.3 is 9.47 Å². The van der Waals surface area contributed by atoms with Crippen LogP contribution in [0, 0.1) is 6.92 Å². The van der Waals surface area contributed by atoms with Gasteiger partial charge in [0.1, 0.15) is 0 Å². The Morgan fingerprint density at radius 2 is 1.83 bits per heavy atom. The van der Waals surface area contributed by atoms with Crippen LogP contribution in [0.25, 0.3) is 6.08 Å². The van der Waals surface area contributed by atoms with Gasteiger partial charge in [0.25, 0.3) is 11.1 Å². The van der Waals surface area contributed by atoms with E-state index < -0.39 is 0 Å². The molecule has 0 aliphatic carbocycles. The molecule has 0 bridgehead atoms. The van der Waals surface area contributed by atoms with E-state index in [0.29, 0.717) is 29.6 Å². The van der Waals surface area contributed by atoms with Crippen molar-refractivity contribution < 1.29 is 19.1 Å². The Morgan fingerprint density at radius 3 is 2.57 bits per heavy atom. The molecule has 0 spiro atoms. The standard InChI is InChI=1S/C24H27NO4S/c1-4-6-13-29-20-12-11-18(14-21(20)28-5-2)15-22-23(26)25(24(27)30-22)16-19-10-8-7-9-17(19)3/h7-12,14-15H,4-6,13,16H2,1-3H3/b22-15-. The molecule has 2 amide bonds. The van der Waals surface area contributed by atoms with Crippen molar-refractivity contribution in [3.8, 4) is 11.5 Å². The fourth-order valence-corrected chi connectivity index (χ4v) is 3.91. The molecule has 1 saturated heterocycles. The molecule has 1 fully saturated rings. The van der Waals surface area contributed by atoms with E-state index in [2.05, 4.69) is 6.92 Å². The van der Waals surface area contributed by atoms with Crippen LogP contribution in [0.4, 0.5) is 4.79 Å². The van der Waals surface area contributed by atoms with Crippen molar-refractivity contribution in [3.63, 3.8) is 0 Å². The molecular formula is C24H27NO4S. The minimum absolute atomic E-state index is 0.251. The molecule has 1 aliphatic heterocycles. The van der Waals surface area contributed by atoms with Gasteiger partial charge in [-0.15, -0.1) is 0 Å². The lowest BCUT2D eigenvalue weighted by Gasteiger charge is -2.14. The van der Waals surface area contributed by atoms with E-state index in [4.69, 9.17) is 9.47 Å². The van der Waals surface area contributed by atoms with Gasteiger partial charge in [0.2, 0.25) is 0 Å². The highest BCUT2D eigenvalue weighted by atomic mass is 32.2. The summed E-state index contributed by atoms with van der Waals surface area (Å²) in [7, 11) is 0. The summed E-state index contributed by atoms with van der Waals surface area (Å²) in [5, 5.41) is -0.251. The first-order valence-electron chi connectivity index (χ1n) is 10.2. The molecule has 2 aromatic carbocycles. The van der Waals surface area contributed by atoms with Gasteiger partial charge in [-0.1, -0.05) is 43.7 Å². The van der Waals surface area contributed by atoms with Crippen molar-refractivity contribution in [2.45, 2.75) is 40.2 Å². The molecule has 0 N–H and O–H groups in total. The molecule has 0 radical (unpaired) electrons. The molecule has 1 heterocycles. The van der Waals surface area contributed by atoms with E-state index in [-0.39, 0.29) is 17.7 Å². The van der Waals surface area contributed by atoms with Crippen LogP contribution >= 0.6 is 11.8 Å². The normalized spacial score (nSPS) is 15.2. The Labute approximate surface area is 182 Å². The predicted molar refractivity (Wildman–Crippen MR) is 121 cm³/mol. The summed E-state index contributed by atoms with van der Waals surface area (Å²) in [6.07, 6.45) is 3.77. The third-order valence-electron chi connectivity index (χ3n) is 4.78. The minimum atomic E-state index is -0.269. The summed E-state index contributed by atoms with van der Waals surface area (Å²) in [6, 6.07) is 13.3. The Hall–Kier alpha value is -2.73. The number of benzene rings is 2. The summed E-state index contributed by atoms with van der Waals surface area (Å²) in [4.78, 5) is 27.0. The number of ether oxygens (including phenoxy) is 2. The number of aryl methyl sites for hydroxylation is 1. The van der Waals surface area contributed by atoms with Crippen LogP contribution < -0.4 is 9.47 Å². The van der Waals surface area contributed by atoms with Crippen LogP contribution in [-0.4, -0.2) is 29.3 Å². The average Bonchev–Trinajstić information content (AvgIpc) is 2.99. The number of hydrogen-bond donors (Lipinski definition) is 0. The molecule has 30 heavy (non-hydrogen) atoms. The Balaban J connectivity index is 1.79. The zero-order valence-electron chi connectivity index (χ0n) is 17.6. The van der Waals surface area contributed by atoms with Crippen LogP contribution in [-0.2, 0) is 11.3 Å². The largest absolute Gasteiger partial charge is 0.490 e. The maximum absolute atomic E-state index is 12.8. The molecule has 158 valence electrons. The highest BCUT2D eigenvalue weighted by Gasteiger charge is 2.35. The Kier molecular flexibility index (Phi) is 7.57. The van der Waals surface area contributed by atoms with Crippen molar-refractivity contribution in [1.82, 2.24) is 4.90 Å².